The van der Waals surface area contributed by atoms with Gasteiger partial charge in [0, 0.05) is 31.5 Å². The zero-order valence-electron chi connectivity index (χ0n) is 18.5. The van der Waals surface area contributed by atoms with Gasteiger partial charge >= 0.3 is 0 Å². The second-order valence-corrected chi connectivity index (χ2v) is 9.10. The van der Waals surface area contributed by atoms with Crippen molar-refractivity contribution in [3.8, 4) is 0 Å². The lowest BCUT2D eigenvalue weighted by Crippen LogP contribution is -2.51. The highest BCUT2D eigenvalue weighted by Gasteiger charge is 2.41. The largest absolute Gasteiger partial charge is 0.371 e. The predicted octanol–water partition coefficient (Wildman–Crippen LogP) is 4.02. The van der Waals surface area contributed by atoms with Gasteiger partial charge in [0.25, 0.3) is 5.91 Å². The predicted molar refractivity (Wildman–Crippen MR) is 136 cm³/mol. The number of para-hydroxylation sites is 1. The summed E-state index contributed by atoms with van der Waals surface area (Å²) in [7, 11) is 0. The van der Waals surface area contributed by atoms with Gasteiger partial charge in [0.2, 0.25) is 11.9 Å². The molecule has 3 aliphatic rings. The van der Waals surface area contributed by atoms with Gasteiger partial charge in [-0.05, 0) is 29.8 Å². The minimum absolute atomic E-state index is 0.0475. The number of carbonyl (C=O) groups is 1. The Labute approximate surface area is 211 Å². The fourth-order valence-electron chi connectivity index (χ4n) is 4.42. The van der Waals surface area contributed by atoms with Crippen molar-refractivity contribution in [1.29, 1.82) is 0 Å². The van der Waals surface area contributed by atoms with Gasteiger partial charge in [-0.25, -0.2) is 9.88 Å². The van der Waals surface area contributed by atoms with Gasteiger partial charge in [0.05, 0.1) is 35.0 Å². The molecular formula is C24H21Cl2N7O2. The van der Waals surface area contributed by atoms with Crippen molar-refractivity contribution in [2.45, 2.75) is 6.10 Å². The van der Waals surface area contributed by atoms with Crippen LogP contribution in [0.4, 0.5) is 23.1 Å². The zero-order valence-corrected chi connectivity index (χ0v) is 20.1. The number of nitrogens with one attached hydrogen (secondary N) is 2. The molecule has 1 aromatic heterocycles. The average molecular weight is 510 g/mol. The molecule has 35 heavy (non-hydrogen) atoms. The number of amides is 1. The summed E-state index contributed by atoms with van der Waals surface area (Å²) in [5.74, 6) is 1.01. The molecule has 3 aliphatic heterocycles. The first-order valence-corrected chi connectivity index (χ1v) is 12.0. The molecule has 6 rings (SSSR count). The number of rotatable bonds is 4. The Kier molecular flexibility index (Phi) is 5.77. The molecule has 1 fully saturated rings. The van der Waals surface area contributed by atoms with E-state index in [0.29, 0.717) is 58.7 Å². The molecule has 4 heterocycles. The first-order chi connectivity index (χ1) is 17.1. The SMILES string of the molecule is O=C1c2cnc(Nc3ccc(C4CNCCO4)cc3)nc2N2CCN=C2N1c1c(Cl)cccc1Cl. The molecule has 0 saturated carbocycles. The highest BCUT2D eigenvalue weighted by Crippen LogP contribution is 2.39. The van der Waals surface area contributed by atoms with Crippen molar-refractivity contribution in [3.63, 3.8) is 0 Å². The first-order valence-electron chi connectivity index (χ1n) is 11.3. The zero-order chi connectivity index (χ0) is 23.9. The molecule has 1 saturated heterocycles. The molecule has 0 aliphatic carbocycles. The number of fused-ring (bicyclic) bond motifs is 3. The summed E-state index contributed by atoms with van der Waals surface area (Å²) in [4.78, 5) is 30.4. The third-order valence-electron chi connectivity index (χ3n) is 6.10. The van der Waals surface area contributed by atoms with Crippen LogP contribution in [0.1, 0.15) is 22.0 Å². The van der Waals surface area contributed by atoms with Gasteiger partial charge in [-0.1, -0.05) is 41.4 Å². The average Bonchev–Trinajstić information content (AvgIpc) is 3.37. The van der Waals surface area contributed by atoms with E-state index in [2.05, 4.69) is 25.6 Å². The number of morpholine rings is 1. The van der Waals surface area contributed by atoms with Gasteiger partial charge in [-0.2, -0.15) is 4.98 Å². The maximum Gasteiger partial charge on any atom is 0.270 e. The molecule has 0 bridgehead atoms. The molecule has 2 aromatic carbocycles. The summed E-state index contributed by atoms with van der Waals surface area (Å²) in [6.07, 6.45) is 1.57. The Morgan fingerprint density at radius 3 is 2.66 bits per heavy atom. The Morgan fingerprint density at radius 1 is 1.11 bits per heavy atom. The lowest BCUT2D eigenvalue weighted by Gasteiger charge is -2.35. The number of anilines is 4. The topological polar surface area (TPSA) is 95.0 Å². The van der Waals surface area contributed by atoms with Crippen molar-refractivity contribution in [2.75, 3.05) is 47.9 Å². The highest BCUT2D eigenvalue weighted by molar-refractivity contribution is 6.43. The van der Waals surface area contributed by atoms with Crippen LogP contribution in [0.5, 0.6) is 0 Å². The third-order valence-corrected chi connectivity index (χ3v) is 6.71. The van der Waals surface area contributed by atoms with Gasteiger partial charge in [0.1, 0.15) is 5.56 Å². The van der Waals surface area contributed by atoms with Gasteiger partial charge in [-0.3, -0.25) is 14.7 Å². The summed E-state index contributed by atoms with van der Waals surface area (Å²) in [5, 5.41) is 7.29. The fraction of sp³-hybridized carbons (Fsp3) is 0.250. The summed E-state index contributed by atoms with van der Waals surface area (Å²) < 4.78 is 5.81. The van der Waals surface area contributed by atoms with Crippen molar-refractivity contribution in [2.24, 2.45) is 4.99 Å². The first kappa shape index (κ1) is 22.2. The summed E-state index contributed by atoms with van der Waals surface area (Å²) in [6.45, 7) is 3.47. The Balaban J connectivity index is 1.29. The molecule has 3 aromatic rings. The van der Waals surface area contributed by atoms with Crippen molar-refractivity contribution in [3.05, 3.63) is 69.8 Å². The second-order valence-electron chi connectivity index (χ2n) is 8.29. The van der Waals surface area contributed by atoms with Crippen LogP contribution in [0.15, 0.2) is 53.7 Å². The number of guanidine groups is 1. The highest BCUT2D eigenvalue weighted by atomic mass is 35.5. The maximum atomic E-state index is 13.5. The number of nitrogens with zero attached hydrogens (tertiary/aromatic N) is 5. The number of aliphatic imine (C=N–C) groups is 1. The molecule has 0 spiro atoms. The number of carbonyl (C=O) groups excluding carboxylic acids is 1. The molecule has 178 valence electrons. The van der Waals surface area contributed by atoms with E-state index in [1.165, 1.54) is 11.1 Å². The molecule has 1 unspecified atom stereocenters. The normalized spacial score (nSPS) is 19.3. The molecular weight excluding hydrogens is 489 g/mol. The number of hydrogen-bond acceptors (Lipinski definition) is 8. The van der Waals surface area contributed by atoms with Gasteiger partial charge in [0.15, 0.2) is 5.82 Å². The number of benzene rings is 2. The van der Waals surface area contributed by atoms with Gasteiger partial charge < -0.3 is 15.4 Å². The second kappa shape index (κ2) is 9.09. The summed E-state index contributed by atoms with van der Waals surface area (Å²) in [5.41, 5.74) is 2.69. The smallest absolute Gasteiger partial charge is 0.270 e. The third kappa shape index (κ3) is 4.00. The Bertz CT molecular complexity index is 1310. The van der Waals surface area contributed by atoms with E-state index in [-0.39, 0.29) is 12.0 Å². The van der Waals surface area contributed by atoms with Crippen LogP contribution in [0.25, 0.3) is 0 Å². The van der Waals surface area contributed by atoms with E-state index in [9.17, 15) is 4.79 Å². The molecule has 11 heteroatoms. The van der Waals surface area contributed by atoms with Crippen LogP contribution in [0.2, 0.25) is 10.0 Å². The summed E-state index contributed by atoms with van der Waals surface area (Å²) >= 11 is 12.8. The summed E-state index contributed by atoms with van der Waals surface area (Å²) in [6, 6.07) is 13.1. The maximum absolute atomic E-state index is 13.5. The molecule has 1 atom stereocenters. The lowest BCUT2D eigenvalue weighted by atomic mass is 10.1. The van der Waals surface area contributed by atoms with E-state index in [1.54, 1.807) is 18.2 Å². The minimum atomic E-state index is -0.330. The minimum Gasteiger partial charge on any atom is -0.371 e. The van der Waals surface area contributed by atoms with E-state index >= 15 is 0 Å². The van der Waals surface area contributed by atoms with Crippen LogP contribution in [0, 0.1) is 0 Å². The number of hydrogen-bond donors (Lipinski definition) is 2. The van der Waals surface area contributed by atoms with Crippen molar-refractivity contribution in [1.82, 2.24) is 15.3 Å². The van der Waals surface area contributed by atoms with Crippen LogP contribution in [-0.4, -0.2) is 54.6 Å². The van der Waals surface area contributed by atoms with Crippen molar-refractivity contribution >= 4 is 58.2 Å². The molecule has 1 amide bonds. The lowest BCUT2D eigenvalue weighted by molar-refractivity contribution is 0.0277. The van der Waals surface area contributed by atoms with Crippen LogP contribution >= 0.6 is 23.2 Å². The van der Waals surface area contributed by atoms with E-state index in [4.69, 9.17) is 27.9 Å². The molecule has 2 N–H and O–H groups in total. The number of halogens is 2. The van der Waals surface area contributed by atoms with Crippen LogP contribution < -0.4 is 20.4 Å². The Hall–Kier alpha value is -3.24. The molecule has 0 radical (unpaired) electrons. The standard InChI is InChI=1S/C24H21Cl2N7O2/c25-17-2-1-3-18(26)20(17)33-22(34)16-12-29-23(31-21(16)32-10-8-28-24(32)33)30-15-6-4-14(5-7-15)19-13-27-9-11-35-19/h1-7,12,19,27H,8-11,13H2,(H,29,30,31). The van der Waals surface area contributed by atoms with Crippen LogP contribution in [-0.2, 0) is 4.74 Å². The van der Waals surface area contributed by atoms with E-state index < -0.39 is 0 Å². The number of ether oxygens (including phenoxy) is 1. The van der Waals surface area contributed by atoms with Crippen LogP contribution in [0.3, 0.4) is 0 Å². The van der Waals surface area contributed by atoms with Gasteiger partial charge in [-0.15, -0.1) is 0 Å². The van der Waals surface area contributed by atoms with Crippen molar-refractivity contribution < 1.29 is 9.53 Å². The quantitative estimate of drug-likeness (QED) is 0.548. The number of aromatic nitrogens is 2. The van der Waals surface area contributed by atoms with E-state index in [0.717, 1.165) is 24.3 Å². The Morgan fingerprint density at radius 2 is 1.91 bits per heavy atom. The monoisotopic (exact) mass is 509 g/mol. The van der Waals surface area contributed by atoms with E-state index in [1.807, 2.05) is 29.2 Å². The fourth-order valence-corrected chi connectivity index (χ4v) is 4.99. The molecule has 9 nitrogen and oxygen atoms in total.